The minimum Gasteiger partial charge on any atom is -0.543 e. The zero-order chi connectivity index (χ0) is 29.3. The topological polar surface area (TPSA) is 217 Å². The van der Waals surface area contributed by atoms with Crippen LogP contribution in [0.25, 0.3) is 11.3 Å². The standard InChI is InChI=1S/C24H22N6O8S3.Na/c1-2-37-29-16(12-9-40-23(25)27-12)19(33)28-17-20(34)30-18(22(35)36)11(7-39-21(17)30)8-41-24-26-6-15(38-24)10-3-4-13(31)14(32)5-10;/h3-6,9,17,21,31-32H,2,7-8H2,1H3,(H2,25,27)(H,28,33)(H,35,36);/q;+1/p-1/t17-,21-;/m1./s1. The fourth-order valence-corrected chi connectivity index (χ4v) is 6.84. The van der Waals surface area contributed by atoms with Gasteiger partial charge < -0.3 is 40.4 Å². The van der Waals surface area contributed by atoms with Crippen molar-refractivity contribution in [1.82, 2.24) is 20.2 Å². The summed E-state index contributed by atoms with van der Waals surface area (Å²) in [6, 6.07) is 3.17. The Morgan fingerprint density at radius 3 is 2.81 bits per heavy atom. The number of benzene rings is 1. The van der Waals surface area contributed by atoms with Crippen LogP contribution in [0.5, 0.6) is 11.5 Å². The molecule has 1 fully saturated rings. The number of nitrogens with zero attached hydrogens (tertiary/aromatic N) is 4. The minimum atomic E-state index is -1.52. The van der Waals surface area contributed by atoms with Gasteiger partial charge >= 0.3 is 29.6 Å². The van der Waals surface area contributed by atoms with Gasteiger partial charge in [-0.15, -0.1) is 23.1 Å². The molecule has 0 aliphatic carbocycles. The molecule has 0 spiro atoms. The van der Waals surface area contributed by atoms with Crippen LogP contribution in [-0.4, -0.2) is 78.1 Å². The number of carbonyl (C=O) groups is 3. The van der Waals surface area contributed by atoms with Gasteiger partial charge in [-0.1, -0.05) is 16.9 Å². The molecule has 2 aliphatic rings. The predicted molar refractivity (Wildman–Crippen MR) is 148 cm³/mol. The number of oxazole rings is 1. The van der Waals surface area contributed by atoms with Gasteiger partial charge in [-0.3, -0.25) is 14.5 Å². The summed E-state index contributed by atoms with van der Waals surface area (Å²) in [5, 5.41) is 39.0. The number of nitrogen functional groups attached to an aromatic ring is 1. The van der Waals surface area contributed by atoms with Gasteiger partial charge in [0.1, 0.15) is 23.7 Å². The van der Waals surface area contributed by atoms with E-state index >= 15 is 0 Å². The number of carboxylic acids is 1. The number of phenols is 2. The fourth-order valence-electron chi connectivity index (χ4n) is 4.01. The number of aliphatic carboxylic acids is 1. The van der Waals surface area contributed by atoms with Crippen LogP contribution in [0.2, 0.25) is 0 Å². The first-order chi connectivity index (χ1) is 19.7. The van der Waals surface area contributed by atoms with Gasteiger partial charge in [-0.05, 0) is 30.7 Å². The number of β-lactam (4-membered cyclic amide) rings is 1. The number of thioether (sulfide) groups is 2. The molecule has 2 amide bonds. The van der Waals surface area contributed by atoms with E-state index in [1.54, 1.807) is 13.0 Å². The number of aromatic nitrogens is 2. The van der Waals surface area contributed by atoms with Crippen LogP contribution in [0, 0.1) is 0 Å². The van der Waals surface area contributed by atoms with Gasteiger partial charge in [-0.25, -0.2) is 9.97 Å². The molecular weight excluding hydrogens is 619 g/mol. The molecule has 0 radical (unpaired) electrons. The Morgan fingerprint density at radius 2 is 2.14 bits per heavy atom. The molecule has 0 bridgehead atoms. The maximum absolute atomic E-state index is 13.0. The van der Waals surface area contributed by atoms with Gasteiger partial charge in [0.25, 0.3) is 17.0 Å². The SMILES string of the molecule is CCON=C(C(=O)N[C@@H]1C(=O)N2C(C(=O)[O-])=C(CSc3ncc(-c4ccc(O)c(O)c4)o3)CS[C@H]12)c1csc(N)n1.[Na+]. The summed E-state index contributed by atoms with van der Waals surface area (Å²) in [6.45, 7) is 1.88. The number of nitrogens with one attached hydrogen (secondary N) is 1. The first-order valence-corrected chi connectivity index (χ1v) is 14.8. The number of fused-ring (bicyclic) bond motifs is 1. The maximum Gasteiger partial charge on any atom is 1.00 e. The molecular formula is C24H21N6NaO8S3. The molecule has 18 heteroatoms. The van der Waals surface area contributed by atoms with E-state index in [4.69, 9.17) is 15.0 Å². The van der Waals surface area contributed by atoms with Crippen molar-refractivity contribution in [2.75, 3.05) is 23.8 Å². The van der Waals surface area contributed by atoms with Crippen LogP contribution < -0.4 is 45.7 Å². The Labute approximate surface area is 272 Å². The summed E-state index contributed by atoms with van der Waals surface area (Å²) in [5.74, 6) is -2.72. The molecule has 3 aromatic rings. The summed E-state index contributed by atoms with van der Waals surface area (Å²) in [5.41, 5.74) is 6.34. The molecule has 42 heavy (non-hydrogen) atoms. The third kappa shape index (κ3) is 6.40. The van der Waals surface area contributed by atoms with E-state index in [0.717, 1.165) is 28.0 Å². The summed E-state index contributed by atoms with van der Waals surface area (Å²) >= 11 is 3.51. The molecule has 2 atom stereocenters. The van der Waals surface area contributed by atoms with Gasteiger partial charge in [0.15, 0.2) is 28.1 Å². The molecule has 0 saturated carbocycles. The van der Waals surface area contributed by atoms with E-state index in [-0.39, 0.29) is 86.6 Å². The zero-order valence-electron chi connectivity index (χ0n) is 22.1. The average molecular weight is 641 g/mol. The van der Waals surface area contributed by atoms with Crippen molar-refractivity contribution in [2.45, 2.75) is 23.6 Å². The molecule has 1 aromatic carbocycles. The normalized spacial score (nSPS) is 18.2. The summed E-state index contributed by atoms with van der Waals surface area (Å²) in [7, 11) is 0. The van der Waals surface area contributed by atoms with E-state index in [9.17, 15) is 29.7 Å². The van der Waals surface area contributed by atoms with Gasteiger partial charge in [-0.2, -0.15) is 0 Å². The Morgan fingerprint density at radius 1 is 1.36 bits per heavy atom. The number of thiazole rings is 1. The Balaban J connectivity index is 0.00000405. The Bertz CT molecular complexity index is 1590. The van der Waals surface area contributed by atoms with Crippen molar-refractivity contribution in [3.8, 4) is 22.8 Å². The summed E-state index contributed by atoms with van der Waals surface area (Å²) < 4.78 is 5.69. The second kappa shape index (κ2) is 13.4. The molecule has 5 N–H and O–H groups in total. The first kappa shape index (κ1) is 31.7. The van der Waals surface area contributed by atoms with Crippen LogP contribution >= 0.6 is 34.9 Å². The number of carbonyl (C=O) groups excluding carboxylic acids is 3. The van der Waals surface area contributed by atoms with Crippen LogP contribution in [0.4, 0.5) is 5.13 Å². The Kier molecular flexibility index (Phi) is 10.1. The van der Waals surface area contributed by atoms with Gasteiger partial charge in [0.2, 0.25) is 0 Å². The predicted octanol–water partition coefficient (Wildman–Crippen LogP) is -2.27. The number of carboxylic acid groups (broad SMARTS) is 1. The Hall–Kier alpha value is -3.22. The first-order valence-electron chi connectivity index (χ1n) is 11.9. The van der Waals surface area contributed by atoms with Crippen LogP contribution in [0.3, 0.4) is 0 Å². The molecule has 4 heterocycles. The molecule has 0 unspecified atom stereocenters. The van der Waals surface area contributed by atoms with Crippen molar-refractivity contribution < 1.29 is 68.5 Å². The van der Waals surface area contributed by atoms with Crippen molar-refractivity contribution >= 4 is 63.5 Å². The molecule has 5 rings (SSSR count). The van der Waals surface area contributed by atoms with Gasteiger partial charge in [0, 0.05) is 22.4 Å². The summed E-state index contributed by atoms with van der Waals surface area (Å²) in [6.07, 6.45) is 1.43. The number of aromatic hydroxyl groups is 2. The minimum absolute atomic E-state index is 0. The van der Waals surface area contributed by atoms with Crippen molar-refractivity contribution in [3.63, 3.8) is 0 Å². The monoisotopic (exact) mass is 640 g/mol. The number of hydrogen-bond acceptors (Lipinski definition) is 15. The van der Waals surface area contributed by atoms with E-state index in [0.29, 0.717) is 16.9 Å². The van der Waals surface area contributed by atoms with Gasteiger partial charge in [0.05, 0.1) is 17.9 Å². The van der Waals surface area contributed by atoms with E-state index in [1.165, 1.54) is 35.5 Å². The number of rotatable bonds is 10. The summed E-state index contributed by atoms with van der Waals surface area (Å²) in [4.78, 5) is 52.5. The van der Waals surface area contributed by atoms with Crippen LogP contribution in [0.1, 0.15) is 12.6 Å². The van der Waals surface area contributed by atoms with Crippen molar-refractivity contribution in [3.05, 3.63) is 46.7 Å². The number of oxime groups is 1. The molecule has 2 aromatic heterocycles. The maximum atomic E-state index is 13.0. The number of nitrogens with two attached hydrogens (primary N) is 1. The number of phenolic OH excluding ortho intramolecular Hbond substituents is 2. The average Bonchev–Trinajstić information content (AvgIpc) is 3.60. The van der Waals surface area contributed by atoms with E-state index < -0.39 is 29.2 Å². The number of hydrogen-bond donors (Lipinski definition) is 4. The van der Waals surface area contributed by atoms with Crippen molar-refractivity contribution in [2.24, 2.45) is 5.16 Å². The molecule has 1 saturated heterocycles. The number of anilines is 1. The largest absolute Gasteiger partial charge is 1.00 e. The van der Waals surface area contributed by atoms with Crippen molar-refractivity contribution in [1.29, 1.82) is 0 Å². The smallest absolute Gasteiger partial charge is 0.543 e. The third-order valence-electron chi connectivity index (χ3n) is 5.91. The molecule has 2 aliphatic heterocycles. The van der Waals surface area contributed by atoms with Crippen LogP contribution in [0.15, 0.2) is 55.8 Å². The van der Waals surface area contributed by atoms with E-state index in [1.807, 2.05) is 0 Å². The molecule has 14 nitrogen and oxygen atoms in total. The second-order valence-corrected chi connectivity index (χ2v) is 11.4. The zero-order valence-corrected chi connectivity index (χ0v) is 26.5. The van der Waals surface area contributed by atoms with E-state index in [2.05, 4.69) is 20.4 Å². The third-order valence-corrected chi connectivity index (χ3v) is 8.85. The number of amides is 2. The van der Waals surface area contributed by atoms with Crippen LogP contribution in [-0.2, 0) is 19.2 Å². The second-order valence-electron chi connectivity index (χ2n) is 8.51. The fraction of sp³-hybridized carbons (Fsp3) is 0.250. The molecule has 214 valence electrons. The quantitative estimate of drug-likeness (QED) is 0.0460.